The zero-order valence-corrected chi connectivity index (χ0v) is 52.7. The highest BCUT2D eigenvalue weighted by Crippen LogP contribution is 2.43. The van der Waals surface area contributed by atoms with Gasteiger partial charge in [-0.25, -0.2) is 9.69 Å². The first kappa shape index (κ1) is 66.5. The van der Waals surface area contributed by atoms with E-state index in [9.17, 15) is 43.5 Å². The van der Waals surface area contributed by atoms with E-state index in [0.29, 0.717) is 71.3 Å². The highest BCUT2D eigenvalue weighted by Gasteiger charge is 2.46. The number of unbranched alkanes of at least 4 members (excludes halogenated alkanes) is 2. The minimum Gasteiger partial charge on any atom is -0.493 e. The number of methoxy groups -OCH3 is 2. The molecule has 3 aromatic carbocycles. The van der Waals surface area contributed by atoms with Crippen LogP contribution in [0, 0.1) is 17.8 Å². The van der Waals surface area contributed by atoms with Crippen LogP contribution in [0.15, 0.2) is 77.1 Å². The number of fused-ring (bicyclic) bond motifs is 4. The Morgan fingerprint density at radius 1 is 0.742 bits per heavy atom. The number of aliphatic hydroxyl groups is 1. The molecule has 3 aromatic rings. The van der Waals surface area contributed by atoms with Gasteiger partial charge in [0.25, 0.3) is 11.8 Å². The van der Waals surface area contributed by atoms with Gasteiger partial charge < -0.3 is 64.6 Å². The van der Waals surface area contributed by atoms with Crippen molar-refractivity contribution in [2.75, 3.05) is 64.0 Å². The van der Waals surface area contributed by atoms with E-state index in [4.69, 9.17) is 40.6 Å². The third-order valence-corrected chi connectivity index (χ3v) is 16.4. The Bertz CT molecular complexity index is 3280. The van der Waals surface area contributed by atoms with Crippen molar-refractivity contribution in [2.45, 2.75) is 137 Å². The van der Waals surface area contributed by atoms with Crippen LogP contribution in [0.25, 0.3) is 0 Å². The number of carbonyl (C=O) groups excluding carboxylic acids is 8. The normalized spacial score (nSPS) is 19.1. The van der Waals surface area contributed by atoms with E-state index in [1.165, 1.54) is 31.3 Å². The lowest BCUT2D eigenvalue weighted by atomic mass is 9.94. The Balaban J connectivity index is 0.786. The van der Waals surface area contributed by atoms with Crippen molar-refractivity contribution < 1.29 is 71.9 Å². The Hall–Kier alpha value is -8.42. The number of nitrogens with zero attached hydrogens (tertiary/aromatic N) is 5. The molecule has 25 heteroatoms. The average Bonchev–Trinajstić information content (AvgIpc) is 2.01. The van der Waals surface area contributed by atoms with Gasteiger partial charge in [-0.05, 0) is 94.5 Å². The smallest absolute Gasteiger partial charge is 0.416 e. The summed E-state index contributed by atoms with van der Waals surface area (Å²) >= 11 is 5.51. The van der Waals surface area contributed by atoms with E-state index in [2.05, 4.69) is 26.3 Å². The number of rotatable bonds is 28. The molecular formula is C64H81N9O15S. The van der Waals surface area contributed by atoms with Crippen LogP contribution in [0.5, 0.6) is 23.0 Å². The predicted octanol–water partition coefficient (Wildman–Crippen LogP) is 7.09. The van der Waals surface area contributed by atoms with Crippen molar-refractivity contribution in [3.05, 3.63) is 88.8 Å². The van der Waals surface area contributed by atoms with Gasteiger partial charge in [-0.3, -0.25) is 43.5 Å². The van der Waals surface area contributed by atoms with Crippen LogP contribution < -0.4 is 45.1 Å². The molecule has 1 unspecified atom stereocenters. The zero-order valence-electron chi connectivity index (χ0n) is 51.9. The van der Waals surface area contributed by atoms with Gasteiger partial charge in [0.1, 0.15) is 18.7 Å². The third kappa shape index (κ3) is 16.3. The Kier molecular flexibility index (Phi) is 22.6. The molecule has 0 bridgehead atoms. The largest absolute Gasteiger partial charge is 0.493 e. The predicted molar refractivity (Wildman–Crippen MR) is 334 cm³/mol. The van der Waals surface area contributed by atoms with E-state index in [1.807, 2.05) is 47.7 Å². The highest BCUT2D eigenvalue weighted by molar-refractivity contribution is 7.80. The Morgan fingerprint density at radius 3 is 2.06 bits per heavy atom. The Labute approximate surface area is 523 Å². The monoisotopic (exact) mass is 1250 g/mol. The maximum atomic E-state index is 14.2. The number of amides is 8. The van der Waals surface area contributed by atoms with Crippen LogP contribution in [-0.2, 0) is 40.1 Å². The van der Waals surface area contributed by atoms with Gasteiger partial charge in [0.15, 0.2) is 29.2 Å². The summed E-state index contributed by atoms with van der Waals surface area (Å²) in [7, 11) is 2.97. The summed E-state index contributed by atoms with van der Waals surface area (Å²) in [6.07, 6.45) is 6.28. The molecule has 5 N–H and O–H groups in total. The first-order valence-corrected chi connectivity index (χ1v) is 30.5. The van der Waals surface area contributed by atoms with Crippen molar-refractivity contribution >= 4 is 87.9 Å². The van der Waals surface area contributed by atoms with Crippen molar-refractivity contribution in [3.63, 3.8) is 0 Å². The van der Waals surface area contributed by atoms with E-state index in [1.54, 1.807) is 60.6 Å². The molecule has 0 aliphatic carbocycles. The fraction of sp³-hybridized carbons (Fsp3) is 0.500. The topological polar surface area (TPSA) is 286 Å². The average molecular weight is 1250 g/mol. The van der Waals surface area contributed by atoms with Gasteiger partial charge in [0, 0.05) is 74.7 Å². The van der Waals surface area contributed by atoms with E-state index in [0.717, 1.165) is 27.4 Å². The Morgan fingerprint density at radius 2 is 1.39 bits per heavy atom. The van der Waals surface area contributed by atoms with Crippen LogP contribution in [0.1, 0.15) is 126 Å². The first-order chi connectivity index (χ1) is 42.6. The lowest BCUT2D eigenvalue weighted by molar-refractivity contribution is -0.140. The number of carbonyl (C=O) groups is 8. The van der Waals surface area contributed by atoms with E-state index in [-0.39, 0.29) is 129 Å². The molecule has 5 aliphatic rings. The fourth-order valence-electron chi connectivity index (χ4n) is 11.0. The van der Waals surface area contributed by atoms with Crippen LogP contribution in [0.3, 0.4) is 0 Å². The summed E-state index contributed by atoms with van der Waals surface area (Å²) in [5.74, 6) is -1.49. The maximum absolute atomic E-state index is 14.2. The summed E-state index contributed by atoms with van der Waals surface area (Å²) in [4.78, 5) is 116. The molecule has 0 saturated carbocycles. The van der Waals surface area contributed by atoms with Crippen LogP contribution >= 0.6 is 12.2 Å². The molecule has 6 atom stereocenters. The molecule has 0 aromatic heterocycles. The number of hydrogen-bond donors (Lipinski definition) is 5. The number of benzene rings is 3. The number of aliphatic imine (C=N–C) groups is 1. The molecule has 5 heterocycles. The van der Waals surface area contributed by atoms with Gasteiger partial charge >= 0.3 is 6.09 Å². The number of ether oxygens (including phenoxy) is 6. The molecule has 0 radical (unpaired) electrons. The van der Waals surface area contributed by atoms with Gasteiger partial charge in [0.05, 0.1) is 80.2 Å². The minimum atomic E-state index is -1.52. The maximum Gasteiger partial charge on any atom is 0.416 e. The molecule has 478 valence electrons. The highest BCUT2D eigenvalue weighted by atomic mass is 32.1. The summed E-state index contributed by atoms with van der Waals surface area (Å²) in [6.45, 7) is 13.8. The number of anilines is 2. The number of likely N-dealkylation sites (tertiary alicyclic amines) is 1. The van der Waals surface area contributed by atoms with Crippen molar-refractivity contribution in [2.24, 2.45) is 22.7 Å². The second-order valence-electron chi connectivity index (χ2n) is 23.4. The zero-order chi connectivity index (χ0) is 64.2. The first-order valence-electron chi connectivity index (χ1n) is 30.1. The quantitative estimate of drug-likeness (QED) is 0.0275. The van der Waals surface area contributed by atoms with E-state index < -0.39 is 48.2 Å². The molecule has 0 spiro atoms. The molecule has 1 fully saturated rings. The van der Waals surface area contributed by atoms with E-state index >= 15 is 0 Å². The molecule has 5 aliphatic heterocycles. The lowest BCUT2D eigenvalue weighted by Gasteiger charge is -2.31. The molecule has 8 amide bonds. The number of imide groups is 1. The van der Waals surface area contributed by atoms with Crippen LogP contribution in [0.2, 0.25) is 0 Å². The summed E-state index contributed by atoms with van der Waals surface area (Å²) in [5.41, 5.74) is 3.98. The van der Waals surface area contributed by atoms with Gasteiger partial charge in [-0.15, -0.1) is 0 Å². The number of hydrogen-bond acceptors (Lipinski definition) is 17. The van der Waals surface area contributed by atoms with Gasteiger partial charge in [-0.1, -0.05) is 63.2 Å². The van der Waals surface area contributed by atoms with Gasteiger partial charge in [0.2, 0.25) is 29.5 Å². The van der Waals surface area contributed by atoms with Crippen molar-refractivity contribution in [1.82, 2.24) is 30.7 Å². The second-order valence-corrected chi connectivity index (χ2v) is 23.9. The molecule has 8 rings (SSSR count). The molecular weight excluding hydrogens is 1170 g/mol. The van der Waals surface area contributed by atoms with Crippen molar-refractivity contribution in [3.8, 4) is 23.0 Å². The van der Waals surface area contributed by atoms with Crippen molar-refractivity contribution in [1.29, 1.82) is 0 Å². The third-order valence-electron chi connectivity index (χ3n) is 16.0. The lowest BCUT2D eigenvalue weighted by Crippen LogP contribution is -2.53. The number of nitrogens with one attached hydrogen (secondary N) is 4. The summed E-state index contributed by atoms with van der Waals surface area (Å²) < 4.78 is 35.1. The minimum absolute atomic E-state index is 0.00485. The standard InChI is InChI=1S/C64H81N9O15S/c1-36(2)44-29-56(75)70(60(44)78)20-17-54(74)65-19-24-85-23-18-55(89)69-57(37(3)4)59(77)67-40(7)58(76)68-42-15-13-41(14-16-42)35-88-64(82)73-48-31-53(51(84-9)28-46(48)62(80)72-34-39(6)26-49(72)63(73)81)87-22-12-10-11-21-86-52-30-47-45(27-50(52)83-8)61(79)71-33-38(5)25-43(71)32-66-47/h13-16,27-28,30-34,36-37,40,43-44,49,57,63,81H,10-12,17-26,29,35H2,1-9H3,(H,65,74)(H,67,77)(H,68,76)(H,69,89)/t40-,43-,44?,49-,57-,63-/m0/s1. The van der Waals surface area contributed by atoms with Crippen LogP contribution in [0.4, 0.5) is 21.9 Å². The SMILES string of the molecule is COc1cc2c(cc1OCCCCCOc1cc3c(cc1OC)C(=O)N1C=C(C)C[C@H]1[C@H](O)N3C(=O)OCc1ccc(NC(=O)[C@H](C)NC(=O)[C@@H](NC(=S)CCOCCNC(=O)CCN3C(=O)CC(C(C)C)C3=O)C(C)C)cc1)N=C[C@@H]1CC(C)=CN1C2=O. The molecule has 24 nitrogen and oxygen atoms in total. The second kappa shape index (κ2) is 30.2. The number of thiocarbonyl (C=S) groups is 1. The fourth-order valence-corrected chi connectivity index (χ4v) is 11.2. The number of aliphatic hydroxyl groups excluding tert-OH is 1. The summed E-state index contributed by atoms with van der Waals surface area (Å²) in [5, 5.41) is 23.3. The van der Waals surface area contributed by atoms with Crippen LogP contribution in [-0.4, -0.2) is 163 Å². The van der Waals surface area contributed by atoms with Gasteiger partial charge in [-0.2, -0.15) is 0 Å². The molecule has 89 heavy (non-hydrogen) atoms. The molecule has 1 saturated heterocycles. The summed E-state index contributed by atoms with van der Waals surface area (Å²) in [6, 6.07) is 10.2.